The lowest BCUT2D eigenvalue weighted by molar-refractivity contribution is -0.132. The molecule has 5 nitrogen and oxygen atoms in total. The molecule has 1 fully saturated rings. The number of sulfonamides is 1. The maximum Gasteiger partial charge on any atom is 0.246 e. The van der Waals surface area contributed by atoms with Crippen LogP contribution in [-0.4, -0.2) is 44.6 Å². The average molecular weight is 338 g/mol. The standard InChI is InChI=1S/C17H26N2O3S/c1-13-8-9-14(2)16(12-13)19(23(4,21)22)15(3)17(20)18-10-6-5-7-11-18/h8-9,12,15H,5-7,10-11H2,1-4H3/t15-/m1/s1. The molecule has 0 bridgehead atoms. The number of amides is 1. The van der Waals surface area contributed by atoms with Crippen molar-refractivity contribution in [1.29, 1.82) is 0 Å². The minimum Gasteiger partial charge on any atom is -0.341 e. The smallest absolute Gasteiger partial charge is 0.246 e. The Morgan fingerprint density at radius 1 is 1.17 bits per heavy atom. The van der Waals surface area contributed by atoms with Crippen molar-refractivity contribution in [1.82, 2.24) is 4.90 Å². The Morgan fingerprint density at radius 3 is 2.35 bits per heavy atom. The zero-order valence-corrected chi connectivity index (χ0v) is 15.2. The van der Waals surface area contributed by atoms with Gasteiger partial charge in [-0.1, -0.05) is 12.1 Å². The van der Waals surface area contributed by atoms with E-state index in [0.29, 0.717) is 18.8 Å². The second-order valence-electron chi connectivity index (χ2n) is 6.41. The van der Waals surface area contributed by atoms with Gasteiger partial charge >= 0.3 is 0 Å². The first-order valence-corrected chi connectivity index (χ1v) is 9.92. The second-order valence-corrected chi connectivity index (χ2v) is 8.27. The van der Waals surface area contributed by atoms with E-state index in [1.54, 1.807) is 11.8 Å². The molecule has 1 amide bonds. The summed E-state index contributed by atoms with van der Waals surface area (Å²) in [5, 5.41) is 0. The summed E-state index contributed by atoms with van der Waals surface area (Å²) in [5.41, 5.74) is 2.40. The van der Waals surface area contributed by atoms with Crippen LogP contribution in [0.3, 0.4) is 0 Å². The van der Waals surface area contributed by atoms with Gasteiger partial charge in [-0.15, -0.1) is 0 Å². The van der Waals surface area contributed by atoms with Crippen molar-refractivity contribution >= 4 is 21.6 Å². The first-order chi connectivity index (χ1) is 10.7. The largest absolute Gasteiger partial charge is 0.341 e. The van der Waals surface area contributed by atoms with Crippen LogP contribution in [-0.2, 0) is 14.8 Å². The molecule has 2 rings (SSSR count). The summed E-state index contributed by atoms with van der Waals surface area (Å²) in [4.78, 5) is 14.6. The van der Waals surface area contributed by atoms with E-state index in [-0.39, 0.29) is 5.91 Å². The third-order valence-electron chi connectivity index (χ3n) is 4.34. The Hall–Kier alpha value is -1.56. The van der Waals surface area contributed by atoms with E-state index in [2.05, 4.69) is 0 Å². The van der Waals surface area contributed by atoms with Gasteiger partial charge in [-0.25, -0.2) is 8.42 Å². The van der Waals surface area contributed by atoms with Crippen LogP contribution in [0.5, 0.6) is 0 Å². The number of piperidine rings is 1. The summed E-state index contributed by atoms with van der Waals surface area (Å²) in [6.07, 6.45) is 4.27. The Morgan fingerprint density at radius 2 is 1.78 bits per heavy atom. The van der Waals surface area contributed by atoms with Crippen LogP contribution in [0, 0.1) is 13.8 Å². The Kier molecular flexibility index (Phi) is 5.34. The third-order valence-corrected chi connectivity index (χ3v) is 5.56. The van der Waals surface area contributed by atoms with Gasteiger partial charge in [0.2, 0.25) is 15.9 Å². The number of anilines is 1. The predicted molar refractivity (Wildman–Crippen MR) is 93.1 cm³/mol. The zero-order valence-electron chi connectivity index (χ0n) is 14.4. The lowest BCUT2D eigenvalue weighted by Crippen LogP contribution is -2.50. The maximum atomic E-state index is 12.8. The van der Waals surface area contributed by atoms with Crippen molar-refractivity contribution in [2.75, 3.05) is 23.7 Å². The van der Waals surface area contributed by atoms with Gasteiger partial charge in [0.05, 0.1) is 11.9 Å². The summed E-state index contributed by atoms with van der Waals surface area (Å²) in [6.45, 7) is 6.90. The fourth-order valence-corrected chi connectivity index (χ4v) is 4.33. The van der Waals surface area contributed by atoms with Gasteiger partial charge in [0.15, 0.2) is 0 Å². The number of nitrogens with zero attached hydrogens (tertiary/aromatic N) is 2. The van der Waals surface area contributed by atoms with E-state index in [0.717, 1.165) is 36.6 Å². The lowest BCUT2D eigenvalue weighted by atomic mass is 10.1. The number of carbonyl (C=O) groups is 1. The Labute approximate surface area is 139 Å². The lowest BCUT2D eigenvalue weighted by Gasteiger charge is -2.35. The molecule has 128 valence electrons. The molecule has 23 heavy (non-hydrogen) atoms. The van der Waals surface area contributed by atoms with Crippen molar-refractivity contribution in [2.24, 2.45) is 0 Å². The van der Waals surface area contributed by atoms with E-state index in [9.17, 15) is 13.2 Å². The molecule has 0 spiro atoms. The summed E-state index contributed by atoms with van der Waals surface area (Å²) >= 11 is 0. The van der Waals surface area contributed by atoms with Crippen molar-refractivity contribution in [3.63, 3.8) is 0 Å². The number of rotatable bonds is 4. The van der Waals surface area contributed by atoms with E-state index < -0.39 is 16.1 Å². The number of carbonyl (C=O) groups excluding carboxylic acids is 1. The molecule has 1 aliphatic heterocycles. The molecule has 1 atom stereocenters. The number of hydrogen-bond acceptors (Lipinski definition) is 3. The number of benzene rings is 1. The molecule has 6 heteroatoms. The number of aryl methyl sites for hydroxylation is 2. The van der Waals surface area contributed by atoms with Crippen LogP contribution in [0.15, 0.2) is 18.2 Å². The Balaban J connectivity index is 2.39. The highest BCUT2D eigenvalue weighted by molar-refractivity contribution is 7.92. The monoisotopic (exact) mass is 338 g/mol. The van der Waals surface area contributed by atoms with Gasteiger partial charge in [-0.2, -0.15) is 0 Å². The summed E-state index contributed by atoms with van der Waals surface area (Å²) in [7, 11) is -3.55. The quantitative estimate of drug-likeness (QED) is 0.847. The van der Waals surface area contributed by atoms with Gasteiger partial charge in [-0.3, -0.25) is 9.10 Å². The molecule has 1 saturated heterocycles. The highest BCUT2D eigenvalue weighted by atomic mass is 32.2. The highest BCUT2D eigenvalue weighted by Gasteiger charge is 2.33. The predicted octanol–water partition coefficient (Wildman–Crippen LogP) is 2.47. The fraction of sp³-hybridized carbons (Fsp3) is 0.588. The molecule has 0 unspecified atom stereocenters. The first-order valence-electron chi connectivity index (χ1n) is 8.07. The summed E-state index contributed by atoms with van der Waals surface area (Å²) in [6, 6.07) is 4.93. The SMILES string of the molecule is Cc1ccc(C)c(N([C@H](C)C(=O)N2CCCCC2)S(C)(=O)=O)c1. The fourth-order valence-electron chi connectivity index (χ4n) is 3.11. The van der Waals surface area contributed by atoms with E-state index in [1.165, 1.54) is 4.31 Å². The molecule has 0 aromatic heterocycles. The zero-order chi connectivity index (χ0) is 17.2. The minimum absolute atomic E-state index is 0.115. The van der Waals surface area contributed by atoms with E-state index in [4.69, 9.17) is 0 Å². The molecule has 0 aliphatic carbocycles. The van der Waals surface area contributed by atoms with Crippen LogP contribution >= 0.6 is 0 Å². The van der Waals surface area contributed by atoms with Crippen molar-refractivity contribution in [3.05, 3.63) is 29.3 Å². The molecular formula is C17H26N2O3S. The molecule has 1 aromatic carbocycles. The molecule has 0 radical (unpaired) electrons. The minimum atomic E-state index is -3.55. The van der Waals surface area contributed by atoms with Crippen LogP contribution in [0.4, 0.5) is 5.69 Å². The van der Waals surface area contributed by atoms with E-state index >= 15 is 0 Å². The number of hydrogen-bond donors (Lipinski definition) is 0. The normalized spacial score (nSPS) is 17.0. The third kappa shape index (κ3) is 4.05. The van der Waals surface area contributed by atoms with Crippen LogP contribution < -0.4 is 4.31 Å². The Bertz CT molecular complexity index is 679. The van der Waals surface area contributed by atoms with E-state index in [1.807, 2.05) is 32.0 Å². The van der Waals surface area contributed by atoms with Gasteiger partial charge in [0.1, 0.15) is 6.04 Å². The number of likely N-dealkylation sites (tertiary alicyclic amines) is 1. The van der Waals surface area contributed by atoms with Gasteiger partial charge < -0.3 is 4.90 Å². The average Bonchev–Trinajstić information content (AvgIpc) is 2.49. The van der Waals surface area contributed by atoms with Crippen molar-refractivity contribution < 1.29 is 13.2 Å². The molecule has 0 saturated carbocycles. The second kappa shape index (κ2) is 6.91. The first kappa shape index (κ1) is 17.8. The van der Waals surface area contributed by atoms with Gasteiger partial charge in [0.25, 0.3) is 0 Å². The molecule has 1 aliphatic rings. The van der Waals surface area contributed by atoms with Gasteiger partial charge in [-0.05, 0) is 57.2 Å². The summed E-state index contributed by atoms with van der Waals surface area (Å²) < 4.78 is 26.0. The molecule has 0 N–H and O–H groups in total. The highest BCUT2D eigenvalue weighted by Crippen LogP contribution is 2.27. The van der Waals surface area contributed by atoms with Crippen molar-refractivity contribution in [2.45, 2.75) is 46.1 Å². The summed E-state index contributed by atoms with van der Waals surface area (Å²) in [5.74, 6) is -0.115. The van der Waals surface area contributed by atoms with Crippen molar-refractivity contribution in [3.8, 4) is 0 Å². The van der Waals surface area contributed by atoms with Crippen LogP contribution in [0.2, 0.25) is 0 Å². The maximum absolute atomic E-state index is 12.8. The molecule has 1 heterocycles. The van der Waals surface area contributed by atoms with Gasteiger partial charge in [0, 0.05) is 13.1 Å². The topological polar surface area (TPSA) is 57.7 Å². The van der Waals surface area contributed by atoms with Crippen LogP contribution in [0.1, 0.15) is 37.3 Å². The molecule has 1 aromatic rings. The van der Waals surface area contributed by atoms with Crippen LogP contribution in [0.25, 0.3) is 0 Å². The molecular weight excluding hydrogens is 312 g/mol.